The Bertz CT molecular complexity index is 449. The largest absolute Gasteiger partial charge is 0.334 e. The monoisotopic (exact) mass is 230 g/mol. The molecule has 17 heavy (non-hydrogen) atoms. The van der Waals surface area contributed by atoms with Gasteiger partial charge in [-0.25, -0.2) is 4.98 Å². The number of nitrogens with zero attached hydrogens (tertiary/aromatic N) is 3. The number of rotatable bonds is 5. The molecule has 0 spiro atoms. The Morgan fingerprint density at radius 1 is 1.47 bits per heavy atom. The summed E-state index contributed by atoms with van der Waals surface area (Å²) in [5.41, 5.74) is 7.54. The molecule has 90 valence electrons. The molecule has 0 fully saturated rings. The van der Waals surface area contributed by atoms with Crippen molar-refractivity contribution in [3.8, 4) is 11.3 Å². The zero-order valence-electron chi connectivity index (χ0n) is 10.1. The Kier molecular flexibility index (Phi) is 3.88. The molecule has 2 heterocycles. The van der Waals surface area contributed by atoms with Gasteiger partial charge in [-0.15, -0.1) is 0 Å². The van der Waals surface area contributed by atoms with Crippen molar-refractivity contribution in [2.24, 2.45) is 5.73 Å². The summed E-state index contributed by atoms with van der Waals surface area (Å²) in [4.78, 5) is 8.51. The fraction of sp³-hybridized carbons (Fsp3) is 0.385. The van der Waals surface area contributed by atoms with Gasteiger partial charge in [0, 0.05) is 30.2 Å². The molecule has 0 aliphatic rings. The minimum atomic E-state index is 0.441. The minimum absolute atomic E-state index is 0.441. The van der Waals surface area contributed by atoms with Crippen molar-refractivity contribution < 1.29 is 0 Å². The Morgan fingerprint density at radius 3 is 3.06 bits per heavy atom. The van der Waals surface area contributed by atoms with E-state index in [1.165, 1.54) is 0 Å². The average molecular weight is 230 g/mol. The maximum absolute atomic E-state index is 5.52. The van der Waals surface area contributed by atoms with E-state index in [9.17, 15) is 0 Å². The molecular weight excluding hydrogens is 212 g/mol. The lowest BCUT2D eigenvalue weighted by atomic mass is 10.2. The topological polar surface area (TPSA) is 56.7 Å². The van der Waals surface area contributed by atoms with Gasteiger partial charge in [-0.2, -0.15) is 0 Å². The second-order valence-corrected chi connectivity index (χ2v) is 4.23. The van der Waals surface area contributed by atoms with Gasteiger partial charge in [0.2, 0.25) is 0 Å². The third-order valence-electron chi connectivity index (χ3n) is 2.89. The molecule has 0 aromatic carbocycles. The van der Waals surface area contributed by atoms with Gasteiger partial charge in [0.15, 0.2) is 0 Å². The predicted molar refractivity (Wildman–Crippen MR) is 68.5 cm³/mol. The Balaban J connectivity index is 2.11. The molecule has 0 unspecified atom stereocenters. The summed E-state index contributed by atoms with van der Waals surface area (Å²) in [5, 5.41) is 0. The molecule has 0 radical (unpaired) electrons. The highest BCUT2D eigenvalue weighted by atomic mass is 15.1. The lowest BCUT2D eigenvalue weighted by Gasteiger charge is -2.11. The van der Waals surface area contributed by atoms with Crippen molar-refractivity contribution in [2.75, 3.05) is 6.54 Å². The van der Waals surface area contributed by atoms with Crippen LogP contribution in [0.3, 0.4) is 0 Å². The van der Waals surface area contributed by atoms with Gasteiger partial charge >= 0.3 is 0 Å². The first kappa shape index (κ1) is 11.8. The summed E-state index contributed by atoms with van der Waals surface area (Å²) in [7, 11) is 0. The van der Waals surface area contributed by atoms with Crippen LogP contribution in [0.4, 0.5) is 0 Å². The average Bonchev–Trinajstić information content (AvgIpc) is 2.86. The van der Waals surface area contributed by atoms with Gasteiger partial charge in [-0.1, -0.05) is 0 Å². The van der Waals surface area contributed by atoms with E-state index in [1.807, 2.05) is 24.7 Å². The summed E-state index contributed by atoms with van der Waals surface area (Å²) < 4.78 is 2.14. The first-order valence-corrected chi connectivity index (χ1v) is 5.95. The van der Waals surface area contributed by atoms with Gasteiger partial charge in [0.05, 0.1) is 12.0 Å². The highest BCUT2D eigenvalue weighted by molar-refractivity contribution is 5.56. The summed E-state index contributed by atoms with van der Waals surface area (Å²) >= 11 is 0. The second kappa shape index (κ2) is 5.59. The Hall–Kier alpha value is -1.68. The van der Waals surface area contributed by atoms with E-state index in [4.69, 9.17) is 5.73 Å². The first-order valence-electron chi connectivity index (χ1n) is 5.95. The molecule has 4 heteroatoms. The Morgan fingerprint density at radius 2 is 2.35 bits per heavy atom. The van der Waals surface area contributed by atoms with Crippen LogP contribution in [-0.4, -0.2) is 21.1 Å². The van der Waals surface area contributed by atoms with Gasteiger partial charge in [0.25, 0.3) is 0 Å². The minimum Gasteiger partial charge on any atom is -0.334 e. The highest BCUT2D eigenvalue weighted by Gasteiger charge is 2.07. The van der Waals surface area contributed by atoms with Crippen LogP contribution < -0.4 is 5.73 Å². The number of hydrogen-bond acceptors (Lipinski definition) is 3. The smallest absolute Gasteiger partial charge is 0.0956 e. The van der Waals surface area contributed by atoms with Crippen LogP contribution in [-0.2, 0) is 0 Å². The molecule has 2 aromatic heterocycles. The molecule has 0 aliphatic heterocycles. The van der Waals surface area contributed by atoms with Gasteiger partial charge in [-0.05, 0) is 38.4 Å². The number of hydrogen-bond donors (Lipinski definition) is 1. The zero-order chi connectivity index (χ0) is 12.1. The van der Waals surface area contributed by atoms with Gasteiger partial charge in [-0.3, -0.25) is 4.98 Å². The Labute approximate surface area is 102 Å². The molecule has 4 nitrogen and oxygen atoms in total. The number of imidazole rings is 1. The van der Waals surface area contributed by atoms with E-state index in [0.717, 1.165) is 30.6 Å². The molecule has 2 N–H and O–H groups in total. The van der Waals surface area contributed by atoms with Crippen molar-refractivity contribution >= 4 is 0 Å². The summed E-state index contributed by atoms with van der Waals surface area (Å²) in [6, 6.07) is 4.38. The van der Waals surface area contributed by atoms with E-state index in [-0.39, 0.29) is 0 Å². The molecule has 0 saturated heterocycles. The molecule has 1 atom stereocenters. The van der Waals surface area contributed by atoms with Crippen LogP contribution in [0.2, 0.25) is 0 Å². The quantitative estimate of drug-likeness (QED) is 0.857. The van der Waals surface area contributed by atoms with Gasteiger partial charge < -0.3 is 10.3 Å². The molecule has 0 amide bonds. The maximum Gasteiger partial charge on any atom is 0.0956 e. The molecule has 0 saturated carbocycles. The fourth-order valence-corrected chi connectivity index (χ4v) is 1.80. The van der Waals surface area contributed by atoms with Crippen LogP contribution in [0.25, 0.3) is 11.3 Å². The van der Waals surface area contributed by atoms with Crippen LogP contribution in [0.1, 0.15) is 25.8 Å². The van der Waals surface area contributed by atoms with Crippen LogP contribution >= 0.6 is 0 Å². The zero-order valence-corrected chi connectivity index (χ0v) is 10.1. The fourth-order valence-electron chi connectivity index (χ4n) is 1.80. The van der Waals surface area contributed by atoms with E-state index in [0.29, 0.717) is 6.04 Å². The van der Waals surface area contributed by atoms with Crippen molar-refractivity contribution in [1.29, 1.82) is 0 Å². The first-order chi connectivity index (χ1) is 8.31. The van der Waals surface area contributed by atoms with Crippen LogP contribution in [0.5, 0.6) is 0 Å². The lowest BCUT2D eigenvalue weighted by Crippen LogP contribution is -2.06. The third-order valence-corrected chi connectivity index (χ3v) is 2.89. The standard InChI is InChI=1S/C13H18N4/c1-11(4-2-6-14)17-9-13(16-10-17)12-5-3-7-15-8-12/h3,5,7-11H,2,4,6,14H2,1H3/t11-/m1/s1. The van der Waals surface area contributed by atoms with E-state index >= 15 is 0 Å². The summed E-state index contributed by atoms with van der Waals surface area (Å²) in [5.74, 6) is 0. The normalized spacial score (nSPS) is 12.6. The SMILES string of the molecule is C[C@H](CCCN)n1cnc(-c2cccnc2)c1. The number of aromatic nitrogens is 3. The number of nitrogens with two attached hydrogens (primary N) is 1. The highest BCUT2D eigenvalue weighted by Crippen LogP contribution is 2.19. The van der Waals surface area contributed by atoms with Crippen molar-refractivity contribution in [1.82, 2.24) is 14.5 Å². The molecule has 2 aromatic rings. The van der Waals surface area contributed by atoms with Gasteiger partial charge in [0.1, 0.15) is 0 Å². The predicted octanol–water partition coefficient (Wildman–Crippen LogP) is 2.25. The number of pyridine rings is 1. The third kappa shape index (κ3) is 2.91. The van der Waals surface area contributed by atoms with Crippen LogP contribution in [0.15, 0.2) is 37.1 Å². The van der Waals surface area contributed by atoms with Crippen molar-refractivity contribution in [3.63, 3.8) is 0 Å². The maximum atomic E-state index is 5.52. The summed E-state index contributed by atoms with van der Waals surface area (Å²) in [6.45, 7) is 2.93. The van der Waals surface area contributed by atoms with E-state index in [2.05, 4.69) is 27.7 Å². The molecule has 2 rings (SSSR count). The summed E-state index contributed by atoms with van der Waals surface area (Å²) in [6.07, 6.45) is 9.67. The van der Waals surface area contributed by atoms with Crippen molar-refractivity contribution in [3.05, 3.63) is 37.1 Å². The lowest BCUT2D eigenvalue weighted by molar-refractivity contribution is 0.492. The molecular formula is C13H18N4. The second-order valence-electron chi connectivity index (χ2n) is 4.23. The molecule has 0 bridgehead atoms. The van der Waals surface area contributed by atoms with E-state index in [1.54, 1.807) is 6.20 Å². The van der Waals surface area contributed by atoms with Crippen LogP contribution in [0, 0.1) is 0 Å². The van der Waals surface area contributed by atoms with E-state index < -0.39 is 0 Å². The molecule has 0 aliphatic carbocycles. The van der Waals surface area contributed by atoms with Crippen molar-refractivity contribution in [2.45, 2.75) is 25.8 Å².